The van der Waals surface area contributed by atoms with Crippen LogP contribution in [0.2, 0.25) is 0 Å². The van der Waals surface area contributed by atoms with E-state index in [0.717, 1.165) is 0 Å². The van der Waals surface area contributed by atoms with Crippen molar-refractivity contribution >= 4 is 18.1 Å². The molecule has 2 atom stereocenters. The Labute approximate surface area is 116 Å². The van der Waals surface area contributed by atoms with Crippen LogP contribution in [0, 0.1) is 10.1 Å². The lowest BCUT2D eigenvalue weighted by molar-refractivity contribution is -0.385. The Bertz CT molecular complexity index is 453. The first-order valence-corrected chi connectivity index (χ1v) is 5.26. The van der Waals surface area contributed by atoms with Crippen LogP contribution in [0.15, 0.2) is 12.1 Å². The second-order valence-electron chi connectivity index (χ2n) is 3.79. The molecule has 0 aliphatic heterocycles. The molecule has 0 unspecified atom stereocenters. The van der Waals surface area contributed by atoms with Crippen molar-refractivity contribution in [1.82, 2.24) is 0 Å². The molecule has 0 aliphatic rings. The van der Waals surface area contributed by atoms with Gasteiger partial charge in [-0.1, -0.05) is 0 Å². The Kier molecular flexibility index (Phi) is 6.54. The number of ether oxygens (including phenoxy) is 2. The number of nitro benzene ring substituents is 1. The minimum absolute atomic E-state index is 0. The molecule has 1 rings (SSSR count). The lowest BCUT2D eigenvalue weighted by atomic mass is 10.0. The molecule has 7 nitrogen and oxygen atoms in total. The number of rotatable bonds is 5. The van der Waals surface area contributed by atoms with Gasteiger partial charge in [-0.05, 0) is 13.0 Å². The van der Waals surface area contributed by atoms with Gasteiger partial charge in [0.25, 0.3) is 5.69 Å². The van der Waals surface area contributed by atoms with Crippen LogP contribution in [0.25, 0.3) is 0 Å². The monoisotopic (exact) mass is 292 g/mol. The number of nitrogens with zero attached hydrogens (tertiary/aromatic N) is 1. The standard InChI is InChI=1S/C11H16N2O5.ClH/c1-6(14)11(12)7-4-9(17-2)10(18-3)5-8(7)13(15)16;/h4-6,11,14H,12H2,1-3H3;1H/t6-,11-;/m0./s1. The van der Waals surface area contributed by atoms with Crippen molar-refractivity contribution in [2.24, 2.45) is 5.73 Å². The molecule has 0 amide bonds. The van der Waals surface area contributed by atoms with E-state index in [1.165, 1.54) is 33.3 Å². The van der Waals surface area contributed by atoms with E-state index in [1.807, 2.05) is 0 Å². The molecule has 1 aromatic carbocycles. The molecule has 0 radical (unpaired) electrons. The second kappa shape index (κ2) is 7.13. The lowest BCUT2D eigenvalue weighted by Gasteiger charge is -2.17. The summed E-state index contributed by atoms with van der Waals surface area (Å²) in [6.07, 6.45) is -0.915. The fourth-order valence-corrected chi connectivity index (χ4v) is 1.57. The van der Waals surface area contributed by atoms with E-state index in [9.17, 15) is 15.2 Å². The van der Waals surface area contributed by atoms with Crippen molar-refractivity contribution in [3.8, 4) is 11.5 Å². The third-order valence-corrected chi connectivity index (χ3v) is 2.61. The molecule has 3 N–H and O–H groups in total. The molecule has 0 fully saturated rings. The van der Waals surface area contributed by atoms with Gasteiger partial charge < -0.3 is 20.3 Å². The average Bonchev–Trinajstić information content (AvgIpc) is 2.35. The Morgan fingerprint density at radius 1 is 1.32 bits per heavy atom. The molecule has 19 heavy (non-hydrogen) atoms. The molecular formula is C11H17ClN2O5. The van der Waals surface area contributed by atoms with Gasteiger partial charge in [0.1, 0.15) is 0 Å². The molecule has 0 saturated carbocycles. The molecule has 1 aromatic rings. The number of nitrogens with two attached hydrogens (primary N) is 1. The van der Waals surface area contributed by atoms with Crippen molar-refractivity contribution < 1.29 is 19.5 Å². The minimum Gasteiger partial charge on any atom is -0.493 e. The average molecular weight is 293 g/mol. The maximum Gasteiger partial charge on any atom is 0.278 e. The fourth-order valence-electron chi connectivity index (χ4n) is 1.57. The summed E-state index contributed by atoms with van der Waals surface area (Å²) < 4.78 is 10.0. The number of methoxy groups -OCH3 is 2. The number of hydrogen-bond acceptors (Lipinski definition) is 6. The summed E-state index contributed by atoms with van der Waals surface area (Å²) in [7, 11) is 2.80. The van der Waals surface area contributed by atoms with Crippen LogP contribution < -0.4 is 15.2 Å². The molecule has 0 spiro atoms. The quantitative estimate of drug-likeness (QED) is 0.627. The zero-order valence-corrected chi connectivity index (χ0v) is 11.6. The van der Waals surface area contributed by atoms with E-state index in [1.54, 1.807) is 0 Å². The SMILES string of the molecule is COc1cc([C@@H](N)[C@H](C)O)c([N+](=O)[O-])cc1OC.Cl. The highest BCUT2D eigenvalue weighted by Crippen LogP contribution is 2.37. The van der Waals surface area contributed by atoms with Gasteiger partial charge in [0.2, 0.25) is 0 Å². The number of halogens is 1. The fraction of sp³-hybridized carbons (Fsp3) is 0.455. The zero-order chi connectivity index (χ0) is 13.9. The normalized spacial score (nSPS) is 13.1. The summed E-state index contributed by atoms with van der Waals surface area (Å²) >= 11 is 0. The maximum atomic E-state index is 11.0. The molecule has 0 saturated heterocycles. The highest BCUT2D eigenvalue weighted by atomic mass is 35.5. The Morgan fingerprint density at radius 3 is 2.16 bits per heavy atom. The van der Waals surface area contributed by atoms with Gasteiger partial charge >= 0.3 is 0 Å². The molecule has 8 heteroatoms. The largest absolute Gasteiger partial charge is 0.493 e. The third-order valence-electron chi connectivity index (χ3n) is 2.61. The van der Waals surface area contributed by atoms with Crippen molar-refractivity contribution in [3.05, 3.63) is 27.8 Å². The van der Waals surface area contributed by atoms with Gasteiger partial charge in [-0.2, -0.15) is 0 Å². The van der Waals surface area contributed by atoms with Crippen molar-refractivity contribution in [2.45, 2.75) is 19.1 Å². The number of aliphatic hydroxyl groups excluding tert-OH is 1. The summed E-state index contributed by atoms with van der Waals surface area (Å²) in [6.45, 7) is 1.46. The predicted molar refractivity (Wildman–Crippen MR) is 72.1 cm³/mol. The van der Waals surface area contributed by atoms with Crippen molar-refractivity contribution in [3.63, 3.8) is 0 Å². The summed E-state index contributed by atoms with van der Waals surface area (Å²) in [5.41, 5.74) is 5.73. The summed E-state index contributed by atoms with van der Waals surface area (Å²) in [5.74, 6) is 0.569. The minimum atomic E-state index is -0.915. The van der Waals surface area contributed by atoms with Crippen LogP contribution in [0.1, 0.15) is 18.5 Å². The van der Waals surface area contributed by atoms with Gasteiger partial charge in [-0.25, -0.2) is 0 Å². The van der Waals surface area contributed by atoms with Gasteiger partial charge in [0.15, 0.2) is 11.5 Å². The smallest absolute Gasteiger partial charge is 0.278 e. The first-order chi connectivity index (χ1) is 8.42. The van der Waals surface area contributed by atoms with E-state index in [2.05, 4.69) is 0 Å². The zero-order valence-electron chi connectivity index (χ0n) is 10.8. The van der Waals surface area contributed by atoms with Gasteiger partial charge in [-0.3, -0.25) is 10.1 Å². The Hall–Kier alpha value is -1.57. The van der Waals surface area contributed by atoms with Crippen LogP contribution in [-0.2, 0) is 0 Å². The van der Waals surface area contributed by atoms with Gasteiger partial charge in [0, 0.05) is 0 Å². The van der Waals surface area contributed by atoms with Crippen LogP contribution in [0.3, 0.4) is 0 Å². The molecule has 108 valence electrons. The van der Waals surface area contributed by atoms with Crippen LogP contribution in [-0.4, -0.2) is 30.4 Å². The number of benzene rings is 1. The summed E-state index contributed by atoms with van der Waals surface area (Å²) in [6, 6.07) is 1.77. The van der Waals surface area contributed by atoms with E-state index in [-0.39, 0.29) is 29.4 Å². The first kappa shape index (κ1) is 17.4. The molecule has 0 aromatic heterocycles. The van der Waals surface area contributed by atoms with E-state index >= 15 is 0 Å². The van der Waals surface area contributed by atoms with Gasteiger partial charge in [-0.15, -0.1) is 12.4 Å². The summed E-state index contributed by atoms with van der Waals surface area (Å²) in [5, 5.41) is 20.4. The lowest BCUT2D eigenvalue weighted by Crippen LogP contribution is -2.24. The summed E-state index contributed by atoms with van der Waals surface area (Å²) in [4.78, 5) is 10.4. The molecule has 0 aliphatic carbocycles. The molecule has 0 heterocycles. The Morgan fingerprint density at radius 2 is 1.79 bits per heavy atom. The maximum absolute atomic E-state index is 11.0. The highest BCUT2D eigenvalue weighted by molar-refractivity contribution is 5.85. The Balaban J connectivity index is 0.00000324. The van der Waals surface area contributed by atoms with E-state index in [4.69, 9.17) is 15.2 Å². The van der Waals surface area contributed by atoms with E-state index in [0.29, 0.717) is 5.75 Å². The number of hydrogen-bond donors (Lipinski definition) is 2. The van der Waals surface area contributed by atoms with Crippen molar-refractivity contribution in [1.29, 1.82) is 0 Å². The molecule has 0 bridgehead atoms. The first-order valence-electron chi connectivity index (χ1n) is 5.26. The van der Waals surface area contributed by atoms with Crippen molar-refractivity contribution in [2.75, 3.05) is 14.2 Å². The third kappa shape index (κ3) is 3.69. The van der Waals surface area contributed by atoms with Gasteiger partial charge in [0.05, 0.1) is 42.9 Å². The topological polar surface area (TPSA) is 108 Å². The highest BCUT2D eigenvalue weighted by Gasteiger charge is 2.26. The molecular weight excluding hydrogens is 276 g/mol. The van der Waals surface area contributed by atoms with Crippen LogP contribution in [0.5, 0.6) is 11.5 Å². The van der Waals surface area contributed by atoms with Crippen LogP contribution >= 0.6 is 12.4 Å². The second-order valence-corrected chi connectivity index (χ2v) is 3.79. The number of aliphatic hydroxyl groups is 1. The predicted octanol–water partition coefficient (Wildman–Crippen LogP) is 1.41. The van der Waals surface area contributed by atoms with E-state index < -0.39 is 17.1 Å². The van der Waals surface area contributed by atoms with Crippen LogP contribution in [0.4, 0.5) is 5.69 Å². The number of nitro groups is 1.